The van der Waals surface area contributed by atoms with Gasteiger partial charge < -0.3 is 28.6 Å². The van der Waals surface area contributed by atoms with Crippen LogP contribution in [-0.2, 0) is 28.6 Å². The van der Waals surface area contributed by atoms with Gasteiger partial charge in [0, 0.05) is 19.3 Å². The zero-order valence-corrected chi connectivity index (χ0v) is 33.7. The third-order valence-electron chi connectivity index (χ3n) is 8.64. The van der Waals surface area contributed by atoms with Crippen LogP contribution in [0.15, 0.2) is 60.8 Å². The van der Waals surface area contributed by atoms with Crippen LogP contribution < -0.4 is 5.11 Å². The molecule has 0 aliphatic carbocycles. The highest BCUT2D eigenvalue weighted by Crippen LogP contribution is 2.12. The van der Waals surface area contributed by atoms with Gasteiger partial charge in [0.2, 0.25) is 0 Å². The topological polar surface area (TPSA) is 102 Å². The van der Waals surface area contributed by atoms with Gasteiger partial charge in [-0.15, -0.1) is 0 Å². The van der Waals surface area contributed by atoms with Crippen molar-refractivity contribution in [2.75, 3.05) is 41.0 Å². The van der Waals surface area contributed by atoms with Crippen molar-refractivity contribution >= 4 is 17.9 Å². The molecule has 8 nitrogen and oxygen atoms in total. The number of esters is 2. The van der Waals surface area contributed by atoms with Gasteiger partial charge in [0.05, 0.1) is 40.3 Å². The first-order chi connectivity index (χ1) is 25.1. The number of hydrogen-bond acceptors (Lipinski definition) is 7. The highest BCUT2D eigenvalue weighted by molar-refractivity contribution is 5.70. The largest absolute Gasteiger partial charge is 0.544 e. The van der Waals surface area contributed by atoms with E-state index in [4.69, 9.17) is 14.2 Å². The maximum absolute atomic E-state index is 12.6. The maximum atomic E-state index is 12.6. The minimum atomic E-state index is -1.14. The normalized spacial score (nSPS) is 13.6. The van der Waals surface area contributed by atoms with E-state index >= 15 is 0 Å². The van der Waals surface area contributed by atoms with Crippen LogP contribution in [0.3, 0.4) is 0 Å². The van der Waals surface area contributed by atoms with Gasteiger partial charge >= 0.3 is 11.9 Å². The van der Waals surface area contributed by atoms with Crippen LogP contribution in [0.5, 0.6) is 0 Å². The number of rotatable bonds is 35. The van der Waals surface area contributed by atoms with Crippen LogP contribution in [0.4, 0.5) is 0 Å². The number of likely N-dealkylation sites (N-methyl/N-ethyl adjacent to an activating group) is 1. The number of hydrogen-bond donors (Lipinski definition) is 0. The minimum Gasteiger partial charge on any atom is -0.544 e. The Morgan fingerprint density at radius 2 is 1.10 bits per heavy atom. The lowest BCUT2D eigenvalue weighted by Crippen LogP contribution is -2.55. The van der Waals surface area contributed by atoms with Gasteiger partial charge in [-0.3, -0.25) is 9.59 Å². The van der Waals surface area contributed by atoms with Crippen LogP contribution in [0.2, 0.25) is 0 Å². The maximum Gasteiger partial charge on any atom is 0.306 e. The van der Waals surface area contributed by atoms with Crippen LogP contribution in [-0.4, -0.2) is 75.5 Å². The summed E-state index contributed by atoms with van der Waals surface area (Å²) >= 11 is 0. The van der Waals surface area contributed by atoms with Gasteiger partial charge in [0.25, 0.3) is 0 Å². The monoisotopic (exact) mass is 730 g/mol. The third-order valence-corrected chi connectivity index (χ3v) is 8.64. The summed E-state index contributed by atoms with van der Waals surface area (Å²) in [6.07, 6.45) is 41.1. The molecule has 8 heteroatoms. The van der Waals surface area contributed by atoms with Crippen molar-refractivity contribution in [3.8, 4) is 0 Å². The number of carbonyl (C=O) groups excluding carboxylic acids is 3. The summed E-state index contributed by atoms with van der Waals surface area (Å²) in [6, 6.07) is -0.736. The molecule has 0 aromatic rings. The van der Waals surface area contributed by atoms with Gasteiger partial charge in [0.1, 0.15) is 12.6 Å². The first-order valence-corrected chi connectivity index (χ1v) is 20.3. The van der Waals surface area contributed by atoms with Crippen molar-refractivity contribution in [1.29, 1.82) is 0 Å². The fourth-order valence-electron chi connectivity index (χ4n) is 5.48. The summed E-state index contributed by atoms with van der Waals surface area (Å²) in [6.45, 7) is 4.43. The summed E-state index contributed by atoms with van der Waals surface area (Å²) in [5.41, 5.74) is 0. The number of nitrogens with zero attached hydrogens (tertiary/aromatic N) is 1. The molecule has 0 radical (unpaired) electrons. The average molecular weight is 730 g/mol. The Balaban J connectivity index is 4.42. The van der Waals surface area contributed by atoms with Crippen molar-refractivity contribution in [1.82, 2.24) is 0 Å². The number of carboxylic acids is 1. The SMILES string of the molecule is CC/C=C/C/C=C/C/C=C/CCCC(=O)OC(COCCC(C(=O)[O-])[N+](C)(C)C)COC(=O)CCCCCCCCC/C=C/C/C=C/CCCCC. The molecule has 298 valence electrons. The molecule has 0 saturated heterocycles. The predicted molar refractivity (Wildman–Crippen MR) is 212 cm³/mol. The van der Waals surface area contributed by atoms with Crippen molar-refractivity contribution in [3.63, 3.8) is 0 Å². The van der Waals surface area contributed by atoms with E-state index in [-0.39, 0.29) is 49.1 Å². The standard InChI is InChI=1S/C44H75NO7/c1-6-8-10-12-14-16-18-19-20-21-22-23-25-26-28-30-32-34-42(46)51-39-40(38-50-37-36-41(44(48)49)45(3,4)5)52-43(47)35-33-31-29-27-24-17-15-13-11-9-7-2/h9,11,14-17,19-20,27,29,40-41H,6-8,10,12-13,18,21-26,28,30-39H2,1-5H3/b11-9+,16-14+,17-15+,20-19+,29-27+. The smallest absolute Gasteiger partial charge is 0.306 e. The third kappa shape index (κ3) is 32.9. The number of quaternary nitrogens is 1. The van der Waals surface area contributed by atoms with Crippen molar-refractivity contribution in [2.24, 2.45) is 0 Å². The number of aliphatic carboxylic acids is 1. The van der Waals surface area contributed by atoms with Gasteiger partial charge in [-0.25, -0.2) is 0 Å². The van der Waals surface area contributed by atoms with Gasteiger partial charge in [0.15, 0.2) is 6.10 Å². The molecule has 0 saturated carbocycles. The van der Waals surface area contributed by atoms with Crippen molar-refractivity contribution in [3.05, 3.63) is 60.8 Å². The molecule has 0 bridgehead atoms. The zero-order valence-electron chi connectivity index (χ0n) is 33.7. The summed E-state index contributed by atoms with van der Waals surface area (Å²) in [7, 11) is 5.37. The van der Waals surface area contributed by atoms with Crippen LogP contribution in [0, 0.1) is 0 Å². The Morgan fingerprint density at radius 1 is 0.596 bits per heavy atom. The van der Waals surface area contributed by atoms with Gasteiger partial charge in [-0.2, -0.15) is 0 Å². The Bertz CT molecular complexity index is 1040. The molecule has 0 aromatic heterocycles. The molecule has 0 rings (SSSR count). The number of carboxylic acid groups (broad SMARTS) is 1. The average Bonchev–Trinajstić information content (AvgIpc) is 3.09. The van der Waals surface area contributed by atoms with Crippen LogP contribution in [0.25, 0.3) is 0 Å². The fourth-order valence-corrected chi connectivity index (χ4v) is 5.48. The first kappa shape index (κ1) is 49.0. The van der Waals surface area contributed by atoms with Crippen LogP contribution >= 0.6 is 0 Å². The second-order valence-electron chi connectivity index (χ2n) is 14.5. The van der Waals surface area contributed by atoms with E-state index in [0.29, 0.717) is 12.8 Å². The number of carbonyl (C=O) groups is 3. The van der Waals surface area contributed by atoms with E-state index in [1.807, 2.05) is 0 Å². The second kappa shape index (κ2) is 35.1. The number of allylic oxidation sites excluding steroid dienone is 10. The van der Waals surface area contributed by atoms with Crippen molar-refractivity contribution in [2.45, 2.75) is 161 Å². The quantitative estimate of drug-likeness (QED) is 0.0277. The fraction of sp³-hybridized carbons (Fsp3) is 0.705. The molecule has 52 heavy (non-hydrogen) atoms. The molecule has 0 heterocycles. The van der Waals surface area contributed by atoms with E-state index in [0.717, 1.165) is 57.8 Å². The van der Waals surface area contributed by atoms with Gasteiger partial charge in [-0.1, -0.05) is 120 Å². The lowest BCUT2D eigenvalue weighted by Gasteiger charge is -2.34. The molecular weight excluding hydrogens is 654 g/mol. The molecule has 0 spiro atoms. The lowest BCUT2D eigenvalue weighted by molar-refractivity contribution is -0.889. The van der Waals surface area contributed by atoms with Crippen molar-refractivity contribution < 1.29 is 38.2 Å². The molecule has 0 N–H and O–H groups in total. The molecule has 2 unspecified atom stereocenters. The predicted octanol–water partition coefficient (Wildman–Crippen LogP) is 9.30. The summed E-state index contributed by atoms with van der Waals surface area (Å²) in [5.74, 6) is -1.82. The second-order valence-corrected chi connectivity index (χ2v) is 14.5. The minimum absolute atomic E-state index is 0.0155. The van der Waals surface area contributed by atoms with Crippen LogP contribution in [0.1, 0.15) is 149 Å². The molecule has 0 aliphatic heterocycles. The summed E-state index contributed by atoms with van der Waals surface area (Å²) in [5, 5.41) is 11.6. The Hall–Kier alpha value is -2.97. The lowest BCUT2D eigenvalue weighted by atomic mass is 10.1. The van der Waals surface area contributed by atoms with E-state index in [1.54, 1.807) is 21.1 Å². The molecule has 0 aromatic carbocycles. The Labute approximate surface area is 318 Å². The molecule has 2 atom stereocenters. The van der Waals surface area contributed by atoms with E-state index in [1.165, 1.54) is 51.4 Å². The molecule has 0 fully saturated rings. The Morgan fingerprint density at radius 3 is 1.65 bits per heavy atom. The Kier molecular flexibility index (Phi) is 33.1. The summed E-state index contributed by atoms with van der Waals surface area (Å²) in [4.78, 5) is 36.7. The molecular formula is C44H75NO7. The molecule has 0 aliphatic rings. The van der Waals surface area contributed by atoms with Gasteiger partial charge in [-0.05, 0) is 70.6 Å². The summed E-state index contributed by atoms with van der Waals surface area (Å²) < 4.78 is 17.0. The van der Waals surface area contributed by atoms with E-state index in [2.05, 4.69) is 74.6 Å². The number of unbranched alkanes of at least 4 members (excludes halogenated alkanes) is 11. The highest BCUT2D eigenvalue weighted by atomic mass is 16.6. The van der Waals surface area contributed by atoms with E-state index in [9.17, 15) is 19.5 Å². The van der Waals surface area contributed by atoms with E-state index < -0.39 is 18.1 Å². The zero-order chi connectivity index (χ0) is 38.5. The number of ether oxygens (including phenoxy) is 3. The first-order valence-electron chi connectivity index (χ1n) is 20.3. The molecule has 0 amide bonds. The highest BCUT2D eigenvalue weighted by Gasteiger charge is 2.25.